The highest BCUT2D eigenvalue weighted by molar-refractivity contribution is 7.14. The molecule has 0 N–H and O–H groups in total. The Morgan fingerprint density at radius 2 is 1.79 bits per heavy atom. The average Bonchev–Trinajstić information content (AvgIpc) is 3.30. The van der Waals surface area contributed by atoms with Gasteiger partial charge in [-0.3, -0.25) is 9.59 Å². The number of ketones is 1. The van der Waals surface area contributed by atoms with Gasteiger partial charge in [0.25, 0.3) is 0 Å². The fourth-order valence-corrected chi connectivity index (χ4v) is 4.36. The lowest BCUT2D eigenvalue weighted by Gasteiger charge is -2.10. The molecule has 2 heterocycles. The van der Waals surface area contributed by atoms with Gasteiger partial charge in [0, 0.05) is 11.3 Å². The molecule has 0 aliphatic heterocycles. The van der Waals surface area contributed by atoms with Crippen LogP contribution in [0.3, 0.4) is 0 Å². The molecule has 0 unspecified atom stereocenters. The number of hydrogen-bond donors (Lipinski definition) is 0. The number of rotatable bonds is 9. The van der Waals surface area contributed by atoms with Crippen molar-refractivity contribution in [3.63, 3.8) is 0 Å². The molecule has 0 saturated carbocycles. The van der Waals surface area contributed by atoms with Crippen molar-refractivity contribution in [1.29, 1.82) is 0 Å². The van der Waals surface area contributed by atoms with E-state index in [1.807, 2.05) is 43.3 Å². The van der Waals surface area contributed by atoms with Crippen LogP contribution in [0.2, 0.25) is 0 Å². The molecule has 168 valence electrons. The molecule has 2 aromatic heterocycles. The summed E-state index contributed by atoms with van der Waals surface area (Å²) < 4.78 is 24.6. The van der Waals surface area contributed by atoms with Crippen molar-refractivity contribution in [3.8, 4) is 16.9 Å². The Kier molecular flexibility index (Phi) is 7.15. The van der Waals surface area contributed by atoms with E-state index in [1.165, 1.54) is 29.7 Å². The smallest absolute Gasteiger partial charge is 0.242 e. The topological polar surface area (TPSA) is 56.5 Å². The van der Waals surface area contributed by atoms with Gasteiger partial charge in [0.1, 0.15) is 12.1 Å². The molecule has 0 atom stereocenters. The second kappa shape index (κ2) is 10.4. The molecule has 4 rings (SSSR count). The van der Waals surface area contributed by atoms with Gasteiger partial charge in [-0.15, -0.1) is 11.3 Å². The number of halogens is 1. The monoisotopic (exact) mass is 462 g/mol. The summed E-state index contributed by atoms with van der Waals surface area (Å²) >= 11 is 1.32. The van der Waals surface area contributed by atoms with Gasteiger partial charge in [0.15, 0.2) is 0 Å². The molecule has 0 radical (unpaired) electrons. The highest BCUT2D eigenvalue weighted by atomic mass is 32.1. The molecule has 0 bridgehead atoms. The van der Waals surface area contributed by atoms with Crippen LogP contribution in [0.5, 0.6) is 5.75 Å². The Bertz CT molecular complexity index is 1290. The summed E-state index contributed by atoms with van der Waals surface area (Å²) in [5.41, 5.74) is 1.62. The van der Waals surface area contributed by atoms with Crippen LogP contribution in [0.4, 0.5) is 4.39 Å². The second-order valence-electron chi connectivity index (χ2n) is 7.60. The van der Waals surface area contributed by atoms with Crippen LogP contribution in [0.1, 0.15) is 45.6 Å². The van der Waals surface area contributed by atoms with E-state index in [0.29, 0.717) is 29.0 Å². The standard InChI is InChI=1S/C27H23FO4S/c1-2-3-15-31-26-24(29)22(19-7-5-4-6-8-19)17-32-27(26)25(30)23-14-13-21(33-23)16-18-9-11-20(28)12-10-18/h4-14,17H,2-3,15-16H2,1H3. The minimum absolute atomic E-state index is 0.0525. The van der Waals surface area contributed by atoms with E-state index in [4.69, 9.17) is 9.15 Å². The fraction of sp³-hybridized carbons (Fsp3) is 0.185. The van der Waals surface area contributed by atoms with Crippen LogP contribution < -0.4 is 10.2 Å². The summed E-state index contributed by atoms with van der Waals surface area (Å²) in [4.78, 5) is 27.9. The maximum atomic E-state index is 13.3. The molecule has 0 aliphatic carbocycles. The first-order valence-electron chi connectivity index (χ1n) is 10.8. The van der Waals surface area contributed by atoms with Crippen molar-refractivity contribution in [2.45, 2.75) is 26.2 Å². The van der Waals surface area contributed by atoms with Crippen LogP contribution in [0, 0.1) is 5.82 Å². The first-order chi connectivity index (χ1) is 16.1. The Morgan fingerprint density at radius 3 is 2.52 bits per heavy atom. The van der Waals surface area contributed by atoms with Gasteiger partial charge in [-0.25, -0.2) is 4.39 Å². The number of thiophene rings is 1. The van der Waals surface area contributed by atoms with E-state index < -0.39 is 5.78 Å². The number of carbonyl (C=O) groups excluding carboxylic acids is 1. The van der Waals surface area contributed by atoms with Gasteiger partial charge in [-0.05, 0) is 41.8 Å². The van der Waals surface area contributed by atoms with Crippen molar-refractivity contribution in [2.75, 3.05) is 6.61 Å². The van der Waals surface area contributed by atoms with Gasteiger partial charge in [0.2, 0.25) is 22.7 Å². The van der Waals surface area contributed by atoms with Crippen molar-refractivity contribution in [2.24, 2.45) is 0 Å². The predicted molar refractivity (Wildman–Crippen MR) is 128 cm³/mol. The highest BCUT2D eigenvalue weighted by Crippen LogP contribution is 2.28. The Labute approximate surface area is 195 Å². The number of hydrogen-bond acceptors (Lipinski definition) is 5. The lowest BCUT2D eigenvalue weighted by atomic mass is 10.1. The van der Waals surface area contributed by atoms with Gasteiger partial charge in [0.05, 0.1) is 17.0 Å². The largest absolute Gasteiger partial charge is 0.486 e. The molecule has 0 aliphatic rings. The van der Waals surface area contributed by atoms with Gasteiger partial charge in [-0.2, -0.15) is 0 Å². The Balaban J connectivity index is 1.65. The van der Waals surface area contributed by atoms with E-state index >= 15 is 0 Å². The zero-order chi connectivity index (χ0) is 23.2. The molecular weight excluding hydrogens is 439 g/mol. The SMILES string of the molecule is CCCCOc1c(C(=O)c2ccc(Cc3ccc(F)cc3)s2)occ(-c2ccccc2)c1=O. The van der Waals surface area contributed by atoms with Crippen LogP contribution in [0.25, 0.3) is 11.1 Å². The maximum Gasteiger partial charge on any atom is 0.242 e. The molecule has 6 heteroatoms. The first-order valence-corrected chi connectivity index (χ1v) is 11.6. The summed E-state index contributed by atoms with van der Waals surface area (Å²) in [5, 5.41) is 0. The number of carbonyl (C=O) groups is 1. The van der Waals surface area contributed by atoms with Gasteiger partial charge >= 0.3 is 0 Å². The minimum atomic E-state index is -0.395. The van der Waals surface area contributed by atoms with Crippen LogP contribution >= 0.6 is 11.3 Å². The minimum Gasteiger partial charge on any atom is -0.486 e. The number of benzene rings is 2. The van der Waals surface area contributed by atoms with Crippen LogP contribution in [-0.2, 0) is 6.42 Å². The lowest BCUT2D eigenvalue weighted by Crippen LogP contribution is -2.16. The van der Waals surface area contributed by atoms with Crippen LogP contribution in [0.15, 0.2) is 82.2 Å². The van der Waals surface area contributed by atoms with E-state index in [2.05, 4.69) is 0 Å². The molecule has 0 fully saturated rings. The molecule has 0 saturated heterocycles. The second-order valence-corrected chi connectivity index (χ2v) is 8.77. The maximum absolute atomic E-state index is 13.3. The predicted octanol–water partition coefficient (Wildman–Crippen LogP) is 6.51. The van der Waals surface area contributed by atoms with Crippen molar-refractivity contribution in [3.05, 3.63) is 110 Å². The summed E-state index contributed by atoms with van der Waals surface area (Å²) in [6, 6.07) is 19.0. The van der Waals surface area contributed by atoms with Crippen LogP contribution in [-0.4, -0.2) is 12.4 Å². The highest BCUT2D eigenvalue weighted by Gasteiger charge is 2.24. The van der Waals surface area contributed by atoms with Crippen molar-refractivity contribution < 1.29 is 18.3 Å². The lowest BCUT2D eigenvalue weighted by molar-refractivity contribution is 0.100. The van der Waals surface area contributed by atoms with E-state index in [-0.39, 0.29) is 22.8 Å². The molecule has 4 aromatic rings. The van der Waals surface area contributed by atoms with E-state index in [9.17, 15) is 14.0 Å². The summed E-state index contributed by atoms with van der Waals surface area (Å²) in [6.07, 6.45) is 3.55. The fourth-order valence-electron chi connectivity index (χ4n) is 3.38. The van der Waals surface area contributed by atoms with Crippen molar-refractivity contribution in [1.82, 2.24) is 0 Å². The molecule has 33 heavy (non-hydrogen) atoms. The molecular formula is C27H23FO4S. The van der Waals surface area contributed by atoms with Gasteiger partial charge in [-0.1, -0.05) is 55.8 Å². The quantitative estimate of drug-likeness (QED) is 0.210. The third kappa shape index (κ3) is 5.29. The van der Waals surface area contributed by atoms with E-state index in [1.54, 1.807) is 18.2 Å². The summed E-state index contributed by atoms with van der Waals surface area (Å²) in [6.45, 7) is 2.34. The Morgan fingerprint density at radius 1 is 1.03 bits per heavy atom. The van der Waals surface area contributed by atoms with Crippen molar-refractivity contribution >= 4 is 17.1 Å². The Hall–Kier alpha value is -3.51. The number of ether oxygens (including phenoxy) is 1. The third-order valence-electron chi connectivity index (χ3n) is 5.16. The molecule has 2 aromatic carbocycles. The van der Waals surface area contributed by atoms with E-state index in [0.717, 1.165) is 23.3 Å². The summed E-state index contributed by atoms with van der Waals surface area (Å²) in [5.74, 6) is -0.826. The third-order valence-corrected chi connectivity index (χ3v) is 6.25. The molecule has 0 amide bonds. The average molecular weight is 463 g/mol. The molecule has 4 nitrogen and oxygen atoms in total. The van der Waals surface area contributed by atoms with Gasteiger partial charge < -0.3 is 9.15 Å². The zero-order valence-electron chi connectivity index (χ0n) is 18.2. The first kappa shape index (κ1) is 22.7. The number of unbranched alkanes of at least 4 members (excludes halogenated alkanes) is 1. The normalized spacial score (nSPS) is 10.8. The molecule has 0 spiro atoms. The zero-order valence-corrected chi connectivity index (χ0v) is 19.0. The summed E-state index contributed by atoms with van der Waals surface area (Å²) in [7, 11) is 0.